The van der Waals surface area contributed by atoms with Gasteiger partial charge in [0.25, 0.3) is 5.91 Å². The predicted octanol–water partition coefficient (Wildman–Crippen LogP) is 0.268. The van der Waals surface area contributed by atoms with Crippen LogP contribution in [0.2, 0.25) is 0 Å². The molecule has 19 heavy (non-hydrogen) atoms. The van der Waals surface area contributed by atoms with Crippen LogP contribution in [0.1, 0.15) is 29.8 Å². The van der Waals surface area contributed by atoms with Crippen molar-refractivity contribution < 1.29 is 13.2 Å². The zero-order chi connectivity index (χ0) is 13.5. The quantitative estimate of drug-likeness (QED) is 0.794. The van der Waals surface area contributed by atoms with Crippen LogP contribution in [0.5, 0.6) is 0 Å². The number of nitrogens with zero attached hydrogens (tertiary/aromatic N) is 3. The summed E-state index contributed by atoms with van der Waals surface area (Å²) in [7, 11) is -2.99. The molecule has 7 heteroatoms. The highest BCUT2D eigenvalue weighted by Gasteiger charge is 2.42. The summed E-state index contributed by atoms with van der Waals surface area (Å²) in [6.45, 7) is 0. The molecular weight excluding hydrogens is 266 g/mol. The highest BCUT2D eigenvalue weighted by atomic mass is 32.2. The first kappa shape index (κ1) is 12.5. The Morgan fingerprint density at radius 3 is 2.53 bits per heavy atom. The van der Waals surface area contributed by atoms with Gasteiger partial charge in [0.2, 0.25) is 0 Å². The summed E-state index contributed by atoms with van der Waals surface area (Å²) in [6, 6.07) is -0.0280. The second kappa shape index (κ2) is 4.56. The first-order valence-electron chi connectivity index (χ1n) is 6.36. The highest BCUT2D eigenvalue weighted by molar-refractivity contribution is 7.91. The van der Waals surface area contributed by atoms with Crippen LogP contribution in [0.15, 0.2) is 18.6 Å². The topological polar surface area (TPSA) is 80.2 Å². The molecule has 2 fully saturated rings. The monoisotopic (exact) mass is 281 g/mol. The van der Waals surface area contributed by atoms with Gasteiger partial charge in [-0.25, -0.2) is 13.4 Å². The maximum absolute atomic E-state index is 12.5. The molecule has 0 radical (unpaired) electrons. The van der Waals surface area contributed by atoms with Gasteiger partial charge in [0.15, 0.2) is 9.84 Å². The predicted molar refractivity (Wildman–Crippen MR) is 68.3 cm³/mol. The van der Waals surface area contributed by atoms with Crippen LogP contribution < -0.4 is 0 Å². The summed E-state index contributed by atoms with van der Waals surface area (Å²) >= 11 is 0. The van der Waals surface area contributed by atoms with Gasteiger partial charge in [0.05, 0.1) is 17.7 Å². The zero-order valence-electron chi connectivity index (χ0n) is 10.4. The van der Waals surface area contributed by atoms with Gasteiger partial charge < -0.3 is 4.90 Å². The Kier molecular flexibility index (Phi) is 3.00. The third kappa shape index (κ3) is 2.60. The third-order valence-electron chi connectivity index (χ3n) is 3.56. The van der Waals surface area contributed by atoms with Crippen LogP contribution in [0.25, 0.3) is 0 Å². The normalized spacial score (nSPS) is 25.2. The van der Waals surface area contributed by atoms with Crippen molar-refractivity contribution in [3.63, 3.8) is 0 Å². The lowest BCUT2D eigenvalue weighted by molar-refractivity contribution is 0.0674. The van der Waals surface area contributed by atoms with Gasteiger partial charge in [-0.15, -0.1) is 0 Å². The van der Waals surface area contributed by atoms with E-state index in [1.165, 1.54) is 18.6 Å². The van der Waals surface area contributed by atoms with Crippen molar-refractivity contribution in [1.82, 2.24) is 14.9 Å². The Hall–Kier alpha value is -1.50. The van der Waals surface area contributed by atoms with Crippen LogP contribution in [0, 0.1) is 0 Å². The lowest BCUT2D eigenvalue weighted by atomic mass is 10.2. The van der Waals surface area contributed by atoms with E-state index < -0.39 is 9.84 Å². The summed E-state index contributed by atoms with van der Waals surface area (Å²) in [6.07, 6.45) is 6.85. The van der Waals surface area contributed by atoms with Crippen LogP contribution in [0.3, 0.4) is 0 Å². The van der Waals surface area contributed by atoms with Crippen molar-refractivity contribution in [3.05, 3.63) is 24.3 Å². The van der Waals surface area contributed by atoms with E-state index in [4.69, 9.17) is 0 Å². The van der Waals surface area contributed by atoms with Gasteiger partial charge in [-0.3, -0.25) is 9.78 Å². The molecular formula is C12H15N3O3S. The SMILES string of the molecule is O=C(c1cnccn1)N(C1CC1)C1CCS(=O)(=O)C1. The average Bonchev–Trinajstić information content (AvgIpc) is 3.15. The molecule has 1 aliphatic heterocycles. The number of rotatable bonds is 3. The second-order valence-corrected chi connectivity index (χ2v) is 7.32. The molecule has 0 aromatic carbocycles. The standard InChI is InChI=1S/C12H15N3O3S/c16-12(11-7-13-4-5-14-11)15(9-1-2-9)10-3-6-19(17,18)8-10/h4-5,7,9-10H,1-3,6,8H2. The first-order chi connectivity index (χ1) is 9.07. The molecule has 3 rings (SSSR count). The van der Waals surface area contributed by atoms with Crippen molar-refractivity contribution >= 4 is 15.7 Å². The molecule has 6 nitrogen and oxygen atoms in total. The smallest absolute Gasteiger partial charge is 0.274 e. The van der Waals surface area contributed by atoms with Crippen molar-refractivity contribution in [3.8, 4) is 0 Å². The molecule has 1 saturated heterocycles. The lowest BCUT2D eigenvalue weighted by Gasteiger charge is -2.27. The van der Waals surface area contributed by atoms with E-state index in [9.17, 15) is 13.2 Å². The summed E-state index contributed by atoms with van der Waals surface area (Å²) in [5.74, 6) is 0.0575. The number of hydrogen-bond donors (Lipinski definition) is 0. The van der Waals surface area contributed by atoms with Crippen molar-refractivity contribution in [1.29, 1.82) is 0 Å². The van der Waals surface area contributed by atoms with Gasteiger partial charge in [0.1, 0.15) is 5.69 Å². The van der Waals surface area contributed by atoms with E-state index in [1.807, 2.05) is 0 Å². The average molecular weight is 281 g/mol. The molecule has 0 N–H and O–H groups in total. The van der Waals surface area contributed by atoms with E-state index in [0.717, 1.165) is 12.8 Å². The van der Waals surface area contributed by atoms with E-state index in [1.54, 1.807) is 4.90 Å². The first-order valence-corrected chi connectivity index (χ1v) is 8.18. The summed E-state index contributed by atoms with van der Waals surface area (Å²) in [4.78, 5) is 22.1. The minimum absolute atomic E-state index is 0.0789. The maximum atomic E-state index is 12.5. The Morgan fingerprint density at radius 2 is 2.00 bits per heavy atom. The van der Waals surface area contributed by atoms with Crippen LogP contribution in [0.4, 0.5) is 0 Å². The van der Waals surface area contributed by atoms with Gasteiger partial charge in [-0.1, -0.05) is 0 Å². The Labute approximate surface area is 111 Å². The van der Waals surface area contributed by atoms with Gasteiger partial charge in [0, 0.05) is 24.5 Å². The van der Waals surface area contributed by atoms with Crippen LogP contribution >= 0.6 is 0 Å². The molecule has 1 saturated carbocycles. The van der Waals surface area contributed by atoms with Gasteiger partial charge in [-0.05, 0) is 19.3 Å². The molecule has 1 aliphatic carbocycles. The Bertz CT molecular complexity index is 583. The second-order valence-electron chi connectivity index (χ2n) is 5.09. The zero-order valence-corrected chi connectivity index (χ0v) is 11.2. The van der Waals surface area contributed by atoms with E-state index in [-0.39, 0.29) is 29.5 Å². The molecule has 1 amide bonds. The number of sulfone groups is 1. The third-order valence-corrected chi connectivity index (χ3v) is 5.31. The van der Waals surface area contributed by atoms with Crippen molar-refractivity contribution in [2.45, 2.75) is 31.3 Å². The minimum atomic E-state index is -2.99. The number of carbonyl (C=O) groups excluding carboxylic acids is 1. The van der Waals surface area contributed by atoms with E-state index in [2.05, 4.69) is 9.97 Å². The van der Waals surface area contributed by atoms with Crippen LogP contribution in [-0.4, -0.2) is 52.8 Å². The Balaban J connectivity index is 1.84. The molecule has 2 aliphatic rings. The molecule has 1 atom stereocenters. The number of aromatic nitrogens is 2. The Morgan fingerprint density at radius 1 is 1.21 bits per heavy atom. The molecule has 1 aromatic rings. The highest BCUT2D eigenvalue weighted by Crippen LogP contribution is 2.33. The summed E-state index contributed by atoms with van der Waals surface area (Å²) in [5.41, 5.74) is 0.290. The molecule has 1 unspecified atom stereocenters. The van der Waals surface area contributed by atoms with Crippen molar-refractivity contribution in [2.24, 2.45) is 0 Å². The maximum Gasteiger partial charge on any atom is 0.274 e. The molecule has 102 valence electrons. The fourth-order valence-electron chi connectivity index (χ4n) is 2.52. The fraction of sp³-hybridized carbons (Fsp3) is 0.583. The summed E-state index contributed by atoms with van der Waals surface area (Å²) < 4.78 is 23.2. The lowest BCUT2D eigenvalue weighted by Crippen LogP contribution is -2.43. The molecule has 0 spiro atoms. The fourth-order valence-corrected chi connectivity index (χ4v) is 4.23. The van der Waals surface area contributed by atoms with Crippen LogP contribution in [-0.2, 0) is 9.84 Å². The minimum Gasteiger partial charge on any atom is -0.330 e. The van der Waals surface area contributed by atoms with Crippen molar-refractivity contribution in [2.75, 3.05) is 11.5 Å². The molecule has 2 heterocycles. The number of amides is 1. The molecule has 1 aromatic heterocycles. The van der Waals surface area contributed by atoms with Gasteiger partial charge in [-0.2, -0.15) is 0 Å². The number of hydrogen-bond acceptors (Lipinski definition) is 5. The van der Waals surface area contributed by atoms with E-state index in [0.29, 0.717) is 12.1 Å². The molecule has 0 bridgehead atoms. The largest absolute Gasteiger partial charge is 0.330 e. The summed E-state index contributed by atoms with van der Waals surface area (Å²) in [5, 5.41) is 0. The van der Waals surface area contributed by atoms with Gasteiger partial charge >= 0.3 is 0 Å². The van der Waals surface area contributed by atoms with E-state index >= 15 is 0 Å². The number of carbonyl (C=O) groups is 1.